The molecule has 16 heavy (non-hydrogen) atoms. The number of nitrogens with two attached hydrogens (primary N) is 1. The summed E-state index contributed by atoms with van der Waals surface area (Å²) in [4.78, 5) is 11.9. The molecule has 1 aromatic heterocycles. The number of aromatic nitrogens is 2. The minimum atomic E-state index is -0.157. The molecule has 0 aromatic carbocycles. The van der Waals surface area contributed by atoms with Crippen molar-refractivity contribution in [3.05, 3.63) is 11.8 Å². The zero-order chi connectivity index (χ0) is 12.3. The van der Waals surface area contributed by atoms with Crippen molar-refractivity contribution >= 4 is 11.7 Å². The van der Waals surface area contributed by atoms with Crippen molar-refractivity contribution in [1.29, 1.82) is 0 Å². The predicted molar refractivity (Wildman–Crippen MR) is 64.0 cm³/mol. The Morgan fingerprint density at radius 2 is 2.25 bits per heavy atom. The Hall–Kier alpha value is -1.36. The van der Waals surface area contributed by atoms with E-state index in [-0.39, 0.29) is 17.7 Å². The maximum absolute atomic E-state index is 11.9. The van der Waals surface area contributed by atoms with Gasteiger partial charge in [-0.15, -0.1) is 0 Å². The van der Waals surface area contributed by atoms with Crippen LogP contribution in [0.3, 0.4) is 0 Å². The van der Waals surface area contributed by atoms with Crippen molar-refractivity contribution in [3.63, 3.8) is 0 Å². The number of aryl methyl sites for hydroxylation is 2. The third-order valence-electron chi connectivity index (χ3n) is 2.65. The Morgan fingerprint density at radius 1 is 1.62 bits per heavy atom. The summed E-state index contributed by atoms with van der Waals surface area (Å²) in [6, 6.07) is 1.84. The molecular weight excluding hydrogens is 204 g/mol. The van der Waals surface area contributed by atoms with Gasteiger partial charge in [-0.25, -0.2) is 0 Å². The summed E-state index contributed by atoms with van der Waals surface area (Å²) in [5.41, 5.74) is 6.47. The molecule has 90 valence electrons. The summed E-state index contributed by atoms with van der Waals surface area (Å²) in [7, 11) is 1.80. The largest absolute Gasteiger partial charge is 0.330 e. The van der Waals surface area contributed by atoms with Gasteiger partial charge >= 0.3 is 0 Å². The van der Waals surface area contributed by atoms with E-state index >= 15 is 0 Å². The SMILES string of the molecule is Cc1cc(NC(=O)C(CN)C(C)C)n(C)n1. The monoisotopic (exact) mass is 224 g/mol. The van der Waals surface area contributed by atoms with Gasteiger partial charge in [-0.05, 0) is 12.8 Å². The Morgan fingerprint density at radius 3 is 2.62 bits per heavy atom. The van der Waals surface area contributed by atoms with Crippen LogP contribution in [0.1, 0.15) is 19.5 Å². The van der Waals surface area contributed by atoms with Crippen molar-refractivity contribution in [2.75, 3.05) is 11.9 Å². The minimum absolute atomic E-state index is 0.0412. The van der Waals surface area contributed by atoms with Gasteiger partial charge in [-0.1, -0.05) is 13.8 Å². The van der Waals surface area contributed by atoms with Gasteiger partial charge in [0.1, 0.15) is 5.82 Å². The van der Waals surface area contributed by atoms with E-state index in [0.717, 1.165) is 5.69 Å². The Bertz CT molecular complexity index is 370. The van der Waals surface area contributed by atoms with E-state index in [1.54, 1.807) is 11.7 Å². The number of rotatable bonds is 4. The summed E-state index contributed by atoms with van der Waals surface area (Å²) in [5.74, 6) is 0.747. The maximum Gasteiger partial charge on any atom is 0.230 e. The molecule has 0 bridgehead atoms. The van der Waals surface area contributed by atoms with Crippen LogP contribution in [0.5, 0.6) is 0 Å². The van der Waals surface area contributed by atoms with Crippen LogP contribution in [0.2, 0.25) is 0 Å². The van der Waals surface area contributed by atoms with E-state index in [1.165, 1.54) is 0 Å². The molecule has 0 saturated carbocycles. The van der Waals surface area contributed by atoms with Gasteiger partial charge in [0.2, 0.25) is 5.91 Å². The van der Waals surface area contributed by atoms with E-state index in [1.807, 2.05) is 26.8 Å². The van der Waals surface area contributed by atoms with Crippen LogP contribution in [0, 0.1) is 18.8 Å². The maximum atomic E-state index is 11.9. The molecule has 3 N–H and O–H groups in total. The number of carbonyl (C=O) groups excluding carboxylic acids is 1. The van der Waals surface area contributed by atoms with Gasteiger partial charge in [0.05, 0.1) is 11.6 Å². The lowest BCUT2D eigenvalue weighted by Gasteiger charge is -2.17. The van der Waals surface area contributed by atoms with Gasteiger partial charge in [0.15, 0.2) is 0 Å². The fourth-order valence-electron chi connectivity index (χ4n) is 1.63. The van der Waals surface area contributed by atoms with Gasteiger partial charge in [-0.3, -0.25) is 9.48 Å². The highest BCUT2D eigenvalue weighted by molar-refractivity contribution is 5.92. The quantitative estimate of drug-likeness (QED) is 0.798. The summed E-state index contributed by atoms with van der Waals surface area (Å²) in [6.07, 6.45) is 0. The molecular formula is C11H20N4O. The van der Waals surface area contributed by atoms with Gasteiger partial charge in [0, 0.05) is 19.7 Å². The molecule has 0 aliphatic heterocycles. The molecule has 0 fully saturated rings. The zero-order valence-corrected chi connectivity index (χ0v) is 10.3. The third-order valence-corrected chi connectivity index (χ3v) is 2.65. The molecule has 1 amide bonds. The standard InChI is InChI=1S/C11H20N4O/c1-7(2)9(6-12)11(16)13-10-5-8(3)14-15(10)4/h5,7,9H,6,12H2,1-4H3,(H,13,16). The van der Waals surface area contributed by atoms with E-state index in [0.29, 0.717) is 12.4 Å². The molecule has 1 aromatic rings. The molecule has 1 atom stereocenters. The second-order valence-electron chi connectivity index (χ2n) is 4.37. The number of anilines is 1. The molecule has 1 unspecified atom stereocenters. The van der Waals surface area contributed by atoms with Crippen LogP contribution in [0.15, 0.2) is 6.07 Å². The fraction of sp³-hybridized carbons (Fsp3) is 0.636. The number of nitrogens with zero attached hydrogens (tertiary/aromatic N) is 2. The molecule has 0 spiro atoms. The van der Waals surface area contributed by atoms with Crippen LogP contribution in [0.25, 0.3) is 0 Å². The predicted octanol–water partition coefficient (Wildman–Crippen LogP) is 0.898. The highest BCUT2D eigenvalue weighted by Gasteiger charge is 2.21. The van der Waals surface area contributed by atoms with Crippen molar-refractivity contribution < 1.29 is 4.79 Å². The van der Waals surface area contributed by atoms with Crippen LogP contribution >= 0.6 is 0 Å². The van der Waals surface area contributed by atoms with Gasteiger partial charge in [0.25, 0.3) is 0 Å². The van der Waals surface area contributed by atoms with Gasteiger partial charge in [-0.2, -0.15) is 5.10 Å². The molecule has 0 radical (unpaired) electrons. The third kappa shape index (κ3) is 2.82. The lowest BCUT2D eigenvalue weighted by atomic mass is 9.95. The topological polar surface area (TPSA) is 72.9 Å². The summed E-state index contributed by atoms with van der Waals surface area (Å²) in [5, 5.41) is 7.01. The second kappa shape index (κ2) is 5.12. The lowest BCUT2D eigenvalue weighted by Crippen LogP contribution is -2.33. The second-order valence-corrected chi connectivity index (χ2v) is 4.37. The summed E-state index contributed by atoms with van der Waals surface area (Å²) >= 11 is 0. The van der Waals surface area contributed by atoms with E-state index in [2.05, 4.69) is 10.4 Å². The number of hydrogen-bond acceptors (Lipinski definition) is 3. The van der Waals surface area contributed by atoms with Crippen LogP contribution in [-0.4, -0.2) is 22.2 Å². The number of amides is 1. The normalized spacial score (nSPS) is 12.9. The molecule has 0 aliphatic carbocycles. The van der Waals surface area contributed by atoms with Crippen molar-refractivity contribution in [1.82, 2.24) is 9.78 Å². The molecule has 1 heterocycles. The first-order valence-electron chi connectivity index (χ1n) is 5.47. The first kappa shape index (κ1) is 12.7. The minimum Gasteiger partial charge on any atom is -0.330 e. The lowest BCUT2D eigenvalue weighted by molar-refractivity contribution is -0.120. The molecule has 5 nitrogen and oxygen atoms in total. The molecule has 1 rings (SSSR count). The van der Waals surface area contributed by atoms with E-state index < -0.39 is 0 Å². The molecule has 0 aliphatic rings. The highest BCUT2D eigenvalue weighted by Crippen LogP contribution is 2.14. The highest BCUT2D eigenvalue weighted by atomic mass is 16.2. The number of carbonyl (C=O) groups is 1. The first-order valence-corrected chi connectivity index (χ1v) is 5.47. The number of hydrogen-bond donors (Lipinski definition) is 2. The van der Waals surface area contributed by atoms with Crippen LogP contribution in [0.4, 0.5) is 5.82 Å². The fourth-order valence-corrected chi connectivity index (χ4v) is 1.63. The Labute approximate surface area is 96.0 Å². The summed E-state index contributed by atoms with van der Waals surface area (Å²) < 4.78 is 1.65. The van der Waals surface area contributed by atoms with Crippen LogP contribution in [-0.2, 0) is 11.8 Å². The van der Waals surface area contributed by atoms with Gasteiger partial charge < -0.3 is 11.1 Å². The van der Waals surface area contributed by atoms with Crippen molar-refractivity contribution in [3.8, 4) is 0 Å². The summed E-state index contributed by atoms with van der Waals surface area (Å²) in [6.45, 7) is 6.23. The van der Waals surface area contributed by atoms with E-state index in [4.69, 9.17) is 5.73 Å². The Kier molecular flexibility index (Phi) is 4.06. The average Bonchev–Trinajstić information content (AvgIpc) is 2.45. The molecule has 5 heteroatoms. The first-order chi connectivity index (χ1) is 7.45. The number of nitrogens with one attached hydrogen (secondary N) is 1. The van der Waals surface area contributed by atoms with Crippen LogP contribution < -0.4 is 11.1 Å². The van der Waals surface area contributed by atoms with Crippen molar-refractivity contribution in [2.24, 2.45) is 24.6 Å². The Balaban J connectivity index is 2.74. The zero-order valence-electron chi connectivity index (χ0n) is 10.3. The average molecular weight is 224 g/mol. The smallest absolute Gasteiger partial charge is 0.230 e. The van der Waals surface area contributed by atoms with E-state index in [9.17, 15) is 4.79 Å². The van der Waals surface area contributed by atoms with Crippen molar-refractivity contribution in [2.45, 2.75) is 20.8 Å². The molecule has 0 saturated heterocycles.